The van der Waals surface area contributed by atoms with Crippen molar-refractivity contribution in [2.45, 2.75) is 13.8 Å². The standard InChI is InChI=1S/C22H18ClFN4O/c1-14-5-10-19(18(23)13-14)25-21(29)20-15(2)26-28(17-8-6-16(24)7-9-17)22(20)27-11-3-4-12-27/h3-13H,1-2H3,(H,25,29). The molecule has 0 radical (unpaired) electrons. The van der Waals surface area contributed by atoms with Crippen LogP contribution in [0.15, 0.2) is 67.0 Å². The fraction of sp³-hybridized carbons (Fsp3) is 0.0909. The van der Waals surface area contributed by atoms with Gasteiger partial charge in [0.2, 0.25) is 0 Å². The van der Waals surface area contributed by atoms with E-state index in [4.69, 9.17) is 11.6 Å². The summed E-state index contributed by atoms with van der Waals surface area (Å²) in [5.41, 5.74) is 3.11. The second kappa shape index (κ2) is 7.56. The van der Waals surface area contributed by atoms with Crippen LogP contribution in [-0.2, 0) is 0 Å². The number of hydrogen-bond donors (Lipinski definition) is 1. The molecular formula is C22H18ClFN4O. The van der Waals surface area contributed by atoms with E-state index in [1.54, 1.807) is 40.4 Å². The quantitative estimate of drug-likeness (QED) is 0.496. The number of benzene rings is 2. The van der Waals surface area contributed by atoms with Crippen molar-refractivity contribution in [1.82, 2.24) is 14.3 Å². The number of nitrogens with one attached hydrogen (secondary N) is 1. The van der Waals surface area contributed by atoms with Crippen LogP contribution in [0.3, 0.4) is 0 Å². The lowest BCUT2D eigenvalue weighted by Gasteiger charge is -2.12. The van der Waals surface area contributed by atoms with Crippen LogP contribution in [0.1, 0.15) is 21.6 Å². The lowest BCUT2D eigenvalue weighted by molar-refractivity contribution is 0.102. The fourth-order valence-electron chi connectivity index (χ4n) is 3.16. The van der Waals surface area contributed by atoms with Crippen LogP contribution >= 0.6 is 11.6 Å². The number of aromatic nitrogens is 3. The van der Waals surface area contributed by atoms with Crippen molar-refractivity contribution in [3.05, 3.63) is 94.7 Å². The molecule has 0 atom stereocenters. The maximum atomic E-state index is 13.4. The van der Waals surface area contributed by atoms with Crippen LogP contribution in [0, 0.1) is 19.7 Å². The van der Waals surface area contributed by atoms with Crippen molar-refractivity contribution in [2.75, 3.05) is 5.32 Å². The van der Waals surface area contributed by atoms with Crippen molar-refractivity contribution >= 4 is 23.2 Å². The van der Waals surface area contributed by atoms with Crippen LogP contribution in [0.5, 0.6) is 0 Å². The number of rotatable bonds is 4. The highest BCUT2D eigenvalue weighted by molar-refractivity contribution is 6.34. The van der Waals surface area contributed by atoms with Gasteiger partial charge in [-0.1, -0.05) is 17.7 Å². The van der Waals surface area contributed by atoms with Gasteiger partial charge in [0, 0.05) is 12.4 Å². The van der Waals surface area contributed by atoms with Crippen LogP contribution in [0.25, 0.3) is 11.5 Å². The predicted molar refractivity (Wildman–Crippen MR) is 112 cm³/mol. The Morgan fingerprint density at radius 3 is 2.41 bits per heavy atom. The SMILES string of the molecule is Cc1ccc(NC(=O)c2c(C)nn(-c3ccc(F)cc3)c2-n2cccc2)c(Cl)c1. The fourth-order valence-corrected chi connectivity index (χ4v) is 3.45. The molecule has 2 heterocycles. The maximum Gasteiger partial charge on any atom is 0.261 e. The Kier molecular flexibility index (Phi) is 4.94. The van der Waals surface area contributed by atoms with Crippen LogP contribution in [0.2, 0.25) is 5.02 Å². The van der Waals surface area contributed by atoms with Crippen LogP contribution in [0.4, 0.5) is 10.1 Å². The normalized spacial score (nSPS) is 10.9. The summed E-state index contributed by atoms with van der Waals surface area (Å²) >= 11 is 6.28. The zero-order chi connectivity index (χ0) is 20.5. The van der Waals surface area contributed by atoms with Gasteiger partial charge < -0.3 is 9.88 Å². The average molecular weight is 409 g/mol. The highest BCUT2D eigenvalue weighted by atomic mass is 35.5. The molecule has 1 N–H and O–H groups in total. The molecule has 7 heteroatoms. The zero-order valence-corrected chi connectivity index (χ0v) is 16.6. The molecule has 2 aromatic carbocycles. The van der Waals surface area contributed by atoms with Crippen molar-refractivity contribution in [3.8, 4) is 11.5 Å². The van der Waals surface area contributed by atoms with Crippen LogP contribution < -0.4 is 5.32 Å². The van der Waals surface area contributed by atoms with Gasteiger partial charge in [-0.3, -0.25) is 4.79 Å². The van der Waals surface area contributed by atoms with E-state index in [2.05, 4.69) is 10.4 Å². The summed E-state index contributed by atoms with van der Waals surface area (Å²) in [4.78, 5) is 13.2. The lowest BCUT2D eigenvalue weighted by atomic mass is 10.2. The third-order valence-electron chi connectivity index (χ3n) is 4.56. The summed E-state index contributed by atoms with van der Waals surface area (Å²) in [7, 11) is 0. The number of aryl methyl sites for hydroxylation is 2. The largest absolute Gasteiger partial charge is 0.320 e. The number of carbonyl (C=O) groups excluding carboxylic acids is 1. The van der Waals surface area contributed by atoms with Gasteiger partial charge in [-0.05, 0) is 67.9 Å². The second-order valence-corrected chi connectivity index (χ2v) is 7.11. The molecule has 0 aliphatic carbocycles. The van der Waals surface area contributed by atoms with E-state index in [1.807, 2.05) is 37.5 Å². The summed E-state index contributed by atoms with van der Waals surface area (Å²) in [6.07, 6.45) is 3.65. The summed E-state index contributed by atoms with van der Waals surface area (Å²) < 4.78 is 16.8. The Labute approximate surface area is 172 Å². The van der Waals surface area contributed by atoms with E-state index in [1.165, 1.54) is 12.1 Å². The molecule has 2 aromatic heterocycles. The van der Waals surface area contributed by atoms with Crippen LogP contribution in [-0.4, -0.2) is 20.3 Å². The molecule has 0 unspecified atom stereocenters. The molecule has 4 rings (SSSR count). The molecule has 0 saturated heterocycles. The number of halogens is 2. The predicted octanol–water partition coefficient (Wildman–Crippen LogP) is 5.32. The molecule has 0 fully saturated rings. The van der Waals surface area contributed by atoms with Gasteiger partial charge in [-0.2, -0.15) is 5.10 Å². The molecule has 0 spiro atoms. The molecule has 0 aliphatic rings. The first-order valence-electron chi connectivity index (χ1n) is 9.00. The van der Waals surface area contributed by atoms with E-state index in [0.29, 0.717) is 33.5 Å². The Morgan fingerprint density at radius 2 is 1.76 bits per heavy atom. The first kappa shape index (κ1) is 19.0. The van der Waals surface area contributed by atoms with Gasteiger partial charge in [0.1, 0.15) is 11.4 Å². The Hall–Kier alpha value is -3.38. The summed E-state index contributed by atoms with van der Waals surface area (Å²) in [6, 6.07) is 15.1. The molecule has 0 bridgehead atoms. The van der Waals surface area contributed by atoms with Crippen molar-refractivity contribution < 1.29 is 9.18 Å². The topological polar surface area (TPSA) is 51.9 Å². The van der Waals surface area contributed by atoms with Gasteiger partial charge >= 0.3 is 0 Å². The number of hydrogen-bond acceptors (Lipinski definition) is 2. The molecule has 0 aliphatic heterocycles. The van der Waals surface area contributed by atoms with E-state index in [9.17, 15) is 9.18 Å². The van der Waals surface area contributed by atoms with Crippen molar-refractivity contribution in [2.24, 2.45) is 0 Å². The molecular weight excluding hydrogens is 391 g/mol. The van der Waals surface area contributed by atoms with Gasteiger partial charge in [0.15, 0.2) is 5.82 Å². The minimum absolute atomic E-state index is 0.328. The number of anilines is 1. The maximum absolute atomic E-state index is 13.4. The summed E-state index contributed by atoms with van der Waals surface area (Å²) in [5.74, 6) is -0.114. The molecule has 1 amide bonds. The number of amides is 1. The van der Waals surface area contributed by atoms with Gasteiger partial charge in [-0.15, -0.1) is 0 Å². The zero-order valence-electron chi connectivity index (χ0n) is 15.9. The minimum Gasteiger partial charge on any atom is -0.320 e. The molecule has 0 saturated carbocycles. The average Bonchev–Trinajstić information content (AvgIpc) is 3.32. The molecule has 4 aromatic rings. The van der Waals surface area contributed by atoms with Gasteiger partial charge in [-0.25, -0.2) is 9.07 Å². The van der Waals surface area contributed by atoms with Gasteiger partial charge in [0.25, 0.3) is 5.91 Å². The Bertz CT molecular complexity index is 1180. The summed E-state index contributed by atoms with van der Waals surface area (Å²) in [6.45, 7) is 3.69. The highest BCUT2D eigenvalue weighted by Crippen LogP contribution is 2.27. The first-order chi connectivity index (χ1) is 13.9. The highest BCUT2D eigenvalue weighted by Gasteiger charge is 2.24. The van der Waals surface area contributed by atoms with E-state index < -0.39 is 0 Å². The number of nitrogens with zero attached hydrogens (tertiary/aromatic N) is 3. The Balaban J connectivity index is 1.82. The first-order valence-corrected chi connectivity index (χ1v) is 9.38. The number of carbonyl (C=O) groups is 1. The monoisotopic (exact) mass is 408 g/mol. The van der Waals surface area contributed by atoms with E-state index in [-0.39, 0.29) is 11.7 Å². The molecule has 146 valence electrons. The van der Waals surface area contributed by atoms with Gasteiger partial charge in [0.05, 0.1) is 22.1 Å². The third kappa shape index (κ3) is 3.67. The third-order valence-corrected chi connectivity index (χ3v) is 4.87. The van der Waals surface area contributed by atoms with Crippen molar-refractivity contribution in [1.29, 1.82) is 0 Å². The smallest absolute Gasteiger partial charge is 0.261 e. The Morgan fingerprint density at radius 1 is 1.07 bits per heavy atom. The summed E-state index contributed by atoms with van der Waals surface area (Å²) in [5, 5.41) is 7.88. The van der Waals surface area contributed by atoms with E-state index in [0.717, 1.165) is 5.56 Å². The van der Waals surface area contributed by atoms with Crippen molar-refractivity contribution in [3.63, 3.8) is 0 Å². The molecule has 29 heavy (non-hydrogen) atoms. The lowest BCUT2D eigenvalue weighted by Crippen LogP contribution is -2.16. The second-order valence-electron chi connectivity index (χ2n) is 6.70. The molecule has 5 nitrogen and oxygen atoms in total. The minimum atomic E-state index is -0.341. The van der Waals surface area contributed by atoms with E-state index >= 15 is 0 Å².